The van der Waals surface area contributed by atoms with Crippen LogP contribution in [-0.2, 0) is 10.1 Å². The van der Waals surface area contributed by atoms with Gasteiger partial charge in [0.2, 0.25) is 0 Å². The van der Waals surface area contributed by atoms with Crippen molar-refractivity contribution in [2.75, 3.05) is 0 Å². The third kappa shape index (κ3) is 2.84. The lowest BCUT2D eigenvalue weighted by molar-refractivity contribution is -0.384. The van der Waals surface area contributed by atoms with E-state index in [0.29, 0.717) is 11.1 Å². The molecule has 20 heavy (non-hydrogen) atoms. The monoisotopic (exact) mass is 293 g/mol. The number of nitrogens with zero attached hydrogens (tertiary/aromatic N) is 1. The topological polar surface area (TPSA) is 97.5 Å². The molecule has 0 saturated carbocycles. The number of benzene rings is 2. The number of nitro benzene ring substituents is 1. The number of rotatable bonds is 3. The van der Waals surface area contributed by atoms with Gasteiger partial charge in [-0.3, -0.25) is 14.7 Å². The van der Waals surface area contributed by atoms with Gasteiger partial charge < -0.3 is 0 Å². The van der Waals surface area contributed by atoms with Crippen LogP contribution >= 0.6 is 0 Å². The van der Waals surface area contributed by atoms with E-state index in [9.17, 15) is 18.5 Å². The van der Waals surface area contributed by atoms with Crippen LogP contribution in [0.2, 0.25) is 0 Å². The molecule has 0 aliphatic carbocycles. The highest BCUT2D eigenvalue weighted by molar-refractivity contribution is 7.85. The van der Waals surface area contributed by atoms with Crippen LogP contribution in [0.25, 0.3) is 11.1 Å². The molecule has 1 N–H and O–H groups in total. The summed E-state index contributed by atoms with van der Waals surface area (Å²) < 4.78 is 30.8. The van der Waals surface area contributed by atoms with Crippen LogP contribution in [0.5, 0.6) is 0 Å². The first-order valence-electron chi connectivity index (χ1n) is 5.62. The van der Waals surface area contributed by atoms with Crippen molar-refractivity contribution in [1.82, 2.24) is 0 Å². The predicted octanol–water partition coefficient (Wildman–Crippen LogP) is 2.82. The molecule has 0 aliphatic rings. The summed E-state index contributed by atoms with van der Waals surface area (Å²) in [6.45, 7) is 1.80. The van der Waals surface area contributed by atoms with E-state index < -0.39 is 15.0 Å². The molecular weight excluding hydrogens is 282 g/mol. The SMILES string of the molecule is Cc1ccc([N+](=O)[O-])cc1-c1ccc(S(=O)(=O)O)cc1. The van der Waals surface area contributed by atoms with Crippen LogP contribution < -0.4 is 0 Å². The molecule has 0 bridgehead atoms. The van der Waals surface area contributed by atoms with Crippen LogP contribution in [0, 0.1) is 17.0 Å². The quantitative estimate of drug-likeness (QED) is 0.533. The van der Waals surface area contributed by atoms with Gasteiger partial charge in [0.05, 0.1) is 9.82 Å². The van der Waals surface area contributed by atoms with E-state index in [0.717, 1.165) is 5.56 Å². The lowest BCUT2D eigenvalue weighted by atomic mass is 10.00. The lowest BCUT2D eigenvalue weighted by Crippen LogP contribution is -1.97. The highest BCUT2D eigenvalue weighted by atomic mass is 32.2. The third-order valence-electron chi connectivity index (χ3n) is 2.90. The Morgan fingerprint density at radius 3 is 2.20 bits per heavy atom. The summed E-state index contributed by atoms with van der Waals surface area (Å²) in [4.78, 5) is 10.1. The van der Waals surface area contributed by atoms with Crippen LogP contribution in [-0.4, -0.2) is 17.9 Å². The maximum atomic E-state index is 11.0. The first-order valence-corrected chi connectivity index (χ1v) is 7.06. The van der Waals surface area contributed by atoms with E-state index in [1.54, 1.807) is 13.0 Å². The normalized spacial score (nSPS) is 11.3. The highest BCUT2D eigenvalue weighted by Gasteiger charge is 2.12. The molecule has 104 valence electrons. The Bertz CT molecular complexity index is 766. The zero-order chi connectivity index (χ0) is 14.9. The molecule has 7 heteroatoms. The number of hydrogen-bond acceptors (Lipinski definition) is 4. The van der Waals surface area contributed by atoms with Gasteiger partial charge in [-0.1, -0.05) is 18.2 Å². The first kappa shape index (κ1) is 14.2. The van der Waals surface area contributed by atoms with Gasteiger partial charge in [0.25, 0.3) is 15.8 Å². The standard InChI is InChI=1S/C13H11NO5S/c1-9-2-5-11(14(15)16)8-13(9)10-3-6-12(7-4-10)20(17,18)19/h2-8H,1H3,(H,17,18,19). The van der Waals surface area contributed by atoms with Crippen molar-refractivity contribution < 1.29 is 17.9 Å². The highest BCUT2D eigenvalue weighted by Crippen LogP contribution is 2.28. The van der Waals surface area contributed by atoms with E-state index in [-0.39, 0.29) is 10.6 Å². The van der Waals surface area contributed by atoms with Gasteiger partial charge in [-0.2, -0.15) is 8.42 Å². The van der Waals surface area contributed by atoms with E-state index in [4.69, 9.17) is 4.55 Å². The second kappa shape index (κ2) is 5.03. The zero-order valence-corrected chi connectivity index (χ0v) is 11.3. The smallest absolute Gasteiger partial charge is 0.282 e. The number of non-ortho nitro benzene ring substituents is 1. The van der Waals surface area contributed by atoms with Gasteiger partial charge >= 0.3 is 0 Å². The summed E-state index contributed by atoms with van der Waals surface area (Å²) in [5.41, 5.74) is 2.07. The van der Waals surface area contributed by atoms with Crippen LogP contribution in [0.1, 0.15) is 5.56 Å². The first-order chi connectivity index (χ1) is 9.29. The van der Waals surface area contributed by atoms with Gasteiger partial charge in [0.15, 0.2) is 0 Å². The van der Waals surface area contributed by atoms with E-state index in [1.807, 2.05) is 0 Å². The van der Waals surface area contributed by atoms with Crippen molar-refractivity contribution in [2.45, 2.75) is 11.8 Å². The Kier molecular flexibility index (Phi) is 3.56. The summed E-state index contributed by atoms with van der Waals surface area (Å²) >= 11 is 0. The molecular formula is C13H11NO5S. The molecule has 0 saturated heterocycles. The molecule has 0 spiro atoms. The minimum Gasteiger partial charge on any atom is -0.282 e. The molecule has 0 atom stereocenters. The van der Waals surface area contributed by atoms with Crippen LogP contribution in [0.15, 0.2) is 47.4 Å². The minimum atomic E-state index is -4.24. The number of nitro groups is 1. The maximum Gasteiger partial charge on any atom is 0.294 e. The Morgan fingerprint density at radius 1 is 1.10 bits per heavy atom. The molecule has 0 aromatic heterocycles. The number of hydrogen-bond donors (Lipinski definition) is 1. The molecule has 2 aromatic rings. The molecule has 0 unspecified atom stereocenters. The molecule has 2 rings (SSSR count). The summed E-state index contributed by atoms with van der Waals surface area (Å²) in [5, 5.41) is 10.8. The lowest BCUT2D eigenvalue weighted by Gasteiger charge is -2.06. The molecule has 0 heterocycles. The van der Waals surface area contributed by atoms with Gasteiger partial charge in [-0.15, -0.1) is 0 Å². The number of aryl methyl sites for hydroxylation is 1. The largest absolute Gasteiger partial charge is 0.294 e. The Morgan fingerprint density at radius 2 is 1.70 bits per heavy atom. The molecule has 0 aliphatic heterocycles. The fourth-order valence-electron chi connectivity index (χ4n) is 1.84. The molecule has 2 aromatic carbocycles. The minimum absolute atomic E-state index is 0.0375. The predicted molar refractivity (Wildman–Crippen MR) is 73.1 cm³/mol. The second-order valence-corrected chi connectivity index (χ2v) is 5.68. The van der Waals surface area contributed by atoms with E-state index in [1.165, 1.54) is 36.4 Å². The summed E-state index contributed by atoms with van der Waals surface area (Å²) in [6.07, 6.45) is 0. The zero-order valence-electron chi connectivity index (χ0n) is 10.5. The van der Waals surface area contributed by atoms with E-state index in [2.05, 4.69) is 0 Å². The summed E-state index contributed by atoms with van der Waals surface area (Å²) in [6, 6.07) is 9.96. The molecule has 0 radical (unpaired) electrons. The average Bonchev–Trinajstić information content (AvgIpc) is 2.38. The van der Waals surface area contributed by atoms with Gasteiger partial charge in [-0.25, -0.2) is 0 Å². The van der Waals surface area contributed by atoms with Crippen molar-refractivity contribution in [2.24, 2.45) is 0 Å². The van der Waals surface area contributed by atoms with E-state index >= 15 is 0 Å². The molecule has 0 amide bonds. The van der Waals surface area contributed by atoms with Crippen molar-refractivity contribution in [3.8, 4) is 11.1 Å². The van der Waals surface area contributed by atoms with Gasteiger partial charge in [0.1, 0.15) is 0 Å². The molecule has 6 nitrogen and oxygen atoms in total. The Labute approximate surface area is 115 Å². The van der Waals surface area contributed by atoms with Crippen molar-refractivity contribution in [1.29, 1.82) is 0 Å². The van der Waals surface area contributed by atoms with Crippen molar-refractivity contribution in [3.05, 3.63) is 58.1 Å². The van der Waals surface area contributed by atoms with Gasteiger partial charge in [-0.05, 0) is 35.7 Å². The van der Waals surface area contributed by atoms with Crippen molar-refractivity contribution >= 4 is 15.8 Å². The summed E-state index contributed by atoms with van der Waals surface area (Å²) in [5.74, 6) is 0. The second-order valence-electron chi connectivity index (χ2n) is 4.26. The fraction of sp³-hybridized carbons (Fsp3) is 0.0769. The van der Waals surface area contributed by atoms with Gasteiger partial charge in [0, 0.05) is 12.1 Å². The Balaban J connectivity index is 2.51. The Hall–Kier alpha value is -2.25. The molecule has 0 fully saturated rings. The van der Waals surface area contributed by atoms with Crippen LogP contribution in [0.3, 0.4) is 0 Å². The van der Waals surface area contributed by atoms with Crippen molar-refractivity contribution in [3.63, 3.8) is 0 Å². The van der Waals surface area contributed by atoms with Crippen LogP contribution in [0.4, 0.5) is 5.69 Å². The maximum absolute atomic E-state index is 11.0. The summed E-state index contributed by atoms with van der Waals surface area (Å²) in [7, 11) is -4.24. The third-order valence-corrected chi connectivity index (χ3v) is 3.76. The fourth-order valence-corrected chi connectivity index (χ4v) is 2.32. The average molecular weight is 293 g/mol.